The third-order valence-electron chi connectivity index (χ3n) is 5.31. The van der Waals surface area contributed by atoms with Gasteiger partial charge in [0, 0.05) is 5.38 Å². The molecule has 160 valence electrons. The number of methoxy groups -OCH3 is 1. The maximum Gasteiger partial charge on any atom is 0.348 e. The van der Waals surface area contributed by atoms with Crippen molar-refractivity contribution in [3.63, 3.8) is 0 Å². The molecular formula is C23H22N2O4S2. The third-order valence-corrected chi connectivity index (χ3v) is 7.39. The Balaban J connectivity index is 1.50. The van der Waals surface area contributed by atoms with Gasteiger partial charge in [0.25, 0.3) is 5.91 Å². The first-order chi connectivity index (χ1) is 15.0. The molecule has 2 heterocycles. The fraction of sp³-hybridized carbons (Fsp3) is 0.261. The summed E-state index contributed by atoms with van der Waals surface area (Å²) >= 11 is 2.49. The average Bonchev–Trinajstić information content (AvgIpc) is 3.43. The molecule has 4 rings (SSSR count). The van der Waals surface area contributed by atoms with Crippen LogP contribution in [0.15, 0.2) is 40.8 Å². The lowest BCUT2D eigenvalue weighted by Crippen LogP contribution is -2.18. The zero-order chi connectivity index (χ0) is 22.0. The number of aromatic hydroxyl groups is 1. The number of hydrogen-bond donors (Lipinski definition) is 2. The summed E-state index contributed by atoms with van der Waals surface area (Å²) in [5, 5.41) is 16.8. The van der Waals surface area contributed by atoms with Gasteiger partial charge in [-0.15, -0.1) is 22.7 Å². The van der Waals surface area contributed by atoms with E-state index in [0.717, 1.165) is 34.6 Å². The number of amides is 1. The first-order valence-electron chi connectivity index (χ1n) is 9.93. The van der Waals surface area contributed by atoms with Crippen molar-refractivity contribution in [2.45, 2.75) is 32.6 Å². The molecule has 0 atom stereocenters. The van der Waals surface area contributed by atoms with E-state index >= 15 is 0 Å². The molecular weight excluding hydrogens is 432 g/mol. The number of aryl methyl sites for hydroxylation is 2. The molecule has 0 unspecified atom stereocenters. The summed E-state index contributed by atoms with van der Waals surface area (Å²) in [5.41, 5.74) is 7.32. The number of hydrazone groups is 1. The third kappa shape index (κ3) is 4.40. The maximum absolute atomic E-state index is 12.3. The van der Waals surface area contributed by atoms with Crippen molar-refractivity contribution in [2.75, 3.05) is 7.11 Å². The van der Waals surface area contributed by atoms with Gasteiger partial charge >= 0.3 is 5.97 Å². The molecule has 2 aromatic heterocycles. The Kier molecular flexibility index (Phi) is 6.20. The van der Waals surface area contributed by atoms with Crippen molar-refractivity contribution in [3.05, 3.63) is 62.2 Å². The second kappa shape index (κ2) is 9.03. The lowest BCUT2D eigenvalue weighted by molar-refractivity contribution is 0.0606. The molecule has 1 amide bonds. The Morgan fingerprint density at radius 1 is 1.10 bits per heavy atom. The van der Waals surface area contributed by atoms with Gasteiger partial charge in [-0.25, -0.2) is 10.2 Å². The number of nitrogens with zero attached hydrogens (tertiary/aromatic N) is 1. The number of rotatable bonds is 5. The first-order valence-corrected chi connectivity index (χ1v) is 11.6. The van der Waals surface area contributed by atoms with E-state index < -0.39 is 11.9 Å². The molecule has 0 aliphatic heterocycles. The van der Waals surface area contributed by atoms with Crippen molar-refractivity contribution in [2.24, 2.45) is 5.10 Å². The second-order valence-electron chi connectivity index (χ2n) is 7.31. The number of benzene rings is 1. The Morgan fingerprint density at radius 2 is 1.84 bits per heavy atom. The molecule has 0 saturated carbocycles. The summed E-state index contributed by atoms with van der Waals surface area (Å²) in [6.07, 6.45) is 4.63. The fourth-order valence-electron chi connectivity index (χ4n) is 3.61. The predicted molar refractivity (Wildman–Crippen MR) is 123 cm³/mol. The number of fused-ring (bicyclic) bond motifs is 1. The number of ether oxygens (including phenoxy) is 1. The van der Waals surface area contributed by atoms with E-state index in [-0.39, 0.29) is 5.75 Å². The van der Waals surface area contributed by atoms with E-state index in [2.05, 4.69) is 33.5 Å². The highest BCUT2D eigenvalue weighted by Gasteiger charge is 2.18. The van der Waals surface area contributed by atoms with Crippen molar-refractivity contribution in [3.8, 4) is 16.2 Å². The molecule has 6 nitrogen and oxygen atoms in total. The SMILES string of the molecule is COC(=O)c1ccc(C(=O)N/N=C(\C)c2csc(-c3ccc4c(c3)CCCC4)c2O)s1. The Bertz CT molecular complexity index is 1180. The quantitative estimate of drug-likeness (QED) is 0.323. The maximum atomic E-state index is 12.3. The molecule has 0 spiro atoms. The van der Waals surface area contributed by atoms with Crippen LogP contribution in [0.25, 0.3) is 10.4 Å². The number of carbonyl (C=O) groups excluding carboxylic acids is 2. The van der Waals surface area contributed by atoms with Crippen LogP contribution in [0.1, 0.15) is 55.8 Å². The zero-order valence-corrected chi connectivity index (χ0v) is 18.9. The Hall–Kier alpha value is -2.97. The fourth-order valence-corrected chi connectivity index (χ4v) is 5.42. The van der Waals surface area contributed by atoms with Gasteiger partial charge in [0.1, 0.15) is 10.6 Å². The second-order valence-corrected chi connectivity index (χ2v) is 9.27. The number of hydrogen-bond acceptors (Lipinski definition) is 7. The van der Waals surface area contributed by atoms with Crippen LogP contribution in [0.4, 0.5) is 0 Å². The van der Waals surface area contributed by atoms with Gasteiger partial charge in [-0.1, -0.05) is 12.1 Å². The van der Waals surface area contributed by atoms with Gasteiger partial charge in [0.15, 0.2) is 0 Å². The van der Waals surface area contributed by atoms with Crippen LogP contribution in [0, 0.1) is 0 Å². The topological polar surface area (TPSA) is 88.0 Å². The standard InChI is InChI=1S/C23H22N2O4S2/c1-13(24-25-22(27)18-9-10-19(31-18)23(28)29-2)17-12-30-21(20(17)26)16-8-7-14-5-3-4-6-15(14)11-16/h7-12,26H,3-6H2,1-2H3,(H,25,27)/b24-13+. The molecule has 1 aliphatic rings. The summed E-state index contributed by atoms with van der Waals surface area (Å²) in [6, 6.07) is 9.48. The van der Waals surface area contributed by atoms with E-state index in [1.807, 2.05) is 5.38 Å². The van der Waals surface area contributed by atoms with Gasteiger partial charge in [-0.05, 0) is 67.5 Å². The van der Waals surface area contributed by atoms with Crippen LogP contribution >= 0.6 is 22.7 Å². The van der Waals surface area contributed by atoms with Gasteiger partial charge in [-0.2, -0.15) is 5.10 Å². The highest BCUT2D eigenvalue weighted by atomic mass is 32.1. The average molecular weight is 455 g/mol. The molecule has 0 fully saturated rings. The van der Waals surface area contributed by atoms with Crippen LogP contribution in [0.2, 0.25) is 0 Å². The van der Waals surface area contributed by atoms with E-state index in [4.69, 9.17) is 0 Å². The van der Waals surface area contributed by atoms with Crippen LogP contribution in [-0.4, -0.2) is 29.8 Å². The van der Waals surface area contributed by atoms with Crippen LogP contribution in [0.3, 0.4) is 0 Å². The van der Waals surface area contributed by atoms with Crippen LogP contribution in [-0.2, 0) is 17.6 Å². The highest BCUT2D eigenvalue weighted by Crippen LogP contribution is 2.40. The van der Waals surface area contributed by atoms with E-state index in [1.54, 1.807) is 13.0 Å². The minimum Gasteiger partial charge on any atom is -0.506 e. The first kappa shape index (κ1) is 21.3. The van der Waals surface area contributed by atoms with E-state index in [1.165, 1.54) is 48.5 Å². The van der Waals surface area contributed by atoms with Crippen LogP contribution < -0.4 is 5.43 Å². The minimum absolute atomic E-state index is 0.167. The summed E-state index contributed by atoms with van der Waals surface area (Å²) in [5.74, 6) is -0.744. The molecule has 3 aromatic rings. The molecule has 0 bridgehead atoms. The van der Waals surface area contributed by atoms with Crippen molar-refractivity contribution < 1.29 is 19.4 Å². The van der Waals surface area contributed by atoms with E-state index in [9.17, 15) is 14.7 Å². The largest absolute Gasteiger partial charge is 0.506 e. The van der Waals surface area contributed by atoms with Crippen molar-refractivity contribution >= 4 is 40.3 Å². The molecule has 1 aliphatic carbocycles. The normalized spacial score (nSPS) is 13.5. The lowest BCUT2D eigenvalue weighted by Gasteiger charge is -2.16. The summed E-state index contributed by atoms with van der Waals surface area (Å²) in [6.45, 7) is 1.73. The van der Waals surface area contributed by atoms with Crippen molar-refractivity contribution in [1.29, 1.82) is 0 Å². The zero-order valence-electron chi connectivity index (χ0n) is 17.2. The number of esters is 1. The molecule has 31 heavy (non-hydrogen) atoms. The van der Waals surface area contributed by atoms with Crippen LogP contribution in [0.5, 0.6) is 5.75 Å². The summed E-state index contributed by atoms with van der Waals surface area (Å²) < 4.78 is 4.65. The molecule has 8 heteroatoms. The van der Waals surface area contributed by atoms with Gasteiger partial charge in [0.05, 0.1) is 28.1 Å². The Morgan fingerprint density at radius 3 is 2.61 bits per heavy atom. The smallest absolute Gasteiger partial charge is 0.348 e. The number of nitrogens with one attached hydrogen (secondary N) is 1. The monoisotopic (exact) mass is 454 g/mol. The molecule has 1 aromatic carbocycles. The van der Waals surface area contributed by atoms with E-state index in [0.29, 0.717) is 21.0 Å². The van der Waals surface area contributed by atoms with Crippen molar-refractivity contribution in [1.82, 2.24) is 5.43 Å². The summed E-state index contributed by atoms with van der Waals surface area (Å²) in [4.78, 5) is 25.4. The van der Waals surface area contributed by atoms with Gasteiger partial charge in [-0.3, -0.25) is 4.79 Å². The van der Waals surface area contributed by atoms with Gasteiger partial charge in [0.2, 0.25) is 0 Å². The minimum atomic E-state index is -0.485. The highest BCUT2D eigenvalue weighted by molar-refractivity contribution is 7.16. The molecule has 2 N–H and O–H groups in total. The lowest BCUT2D eigenvalue weighted by atomic mass is 9.90. The molecule has 0 radical (unpaired) electrons. The summed E-state index contributed by atoms with van der Waals surface area (Å²) in [7, 11) is 1.29. The Labute approximate surface area is 188 Å². The number of carbonyl (C=O) groups is 2. The number of thiophene rings is 2. The molecule has 0 saturated heterocycles. The van der Waals surface area contributed by atoms with Gasteiger partial charge < -0.3 is 9.84 Å². The predicted octanol–water partition coefficient (Wildman–Crippen LogP) is 5.00.